The van der Waals surface area contributed by atoms with Gasteiger partial charge in [-0.1, -0.05) is 39.7 Å². The van der Waals surface area contributed by atoms with Gasteiger partial charge in [0.25, 0.3) is 0 Å². The molecule has 0 aromatic heterocycles. The molecule has 0 aliphatic rings. The Morgan fingerprint density at radius 1 is 1.11 bits per heavy atom. The monoisotopic (exact) mass is 332 g/mol. The van der Waals surface area contributed by atoms with E-state index >= 15 is 0 Å². The van der Waals surface area contributed by atoms with Crippen LogP contribution in [0.4, 0.5) is 8.78 Å². The fraction of sp³-hybridized carbons (Fsp3) is 0.0769. The highest BCUT2D eigenvalue weighted by Crippen LogP contribution is 2.30. The van der Waals surface area contributed by atoms with Gasteiger partial charge in [0.15, 0.2) is 0 Å². The van der Waals surface area contributed by atoms with Crippen LogP contribution in [0.5, 0.6) is 0 Å². The number of aliphatic hydroxyl groups is 1. The van der Waals surface area contributed by atoms with Gasteiger partial charge in [0.1, 0.15) is 17.7 Å². The molecule has 1 N–H and O–H groups in total. The fourth-order valence-electron chi connectivity index (χ4n) is 1.62. The van der Waals surface area contributed by atoms with E-state index < -0.39 is 17.7 Å². The molecule has 0 saturated carbocycles. The van der Waals surface area contributed by atoms with Crippen LogP contribution < -0.4 is 0 Å². The van der Waals surface area contributed by atoms with Gasteiger partial charge in [-0.15, -0.1) is 0 Å². The molecule has 0 saturated heterocycles. The summed E-state index contributed by atoms with van der Waals surface area (Å²) in [5.41, 5.74) is -0.0648. The summed E-state index contributed by atoms with van der Waals surface area (Å²) in [5, 5.41) is 9.93. The fourth-order valence-corrected chi connectivity index (χ4v) is 2.18. The van der Waals surface area contributed by atoms with E-state index in [2.05, 4.69) is 15.9 Å². The van der Waals surface area contributed by atoms with Crippen LogP contribution in [0.2, 0.25) is 5.02 Å². The Morgan fingerprint density at radius 2 is 1.83 bits per heavy atom. The van der Waals surface area contributed by atoms with Crippen molar-refractivity contribution in [1.82, 2.24) is 0 Å². The smallest absolute Gasteiger partial charge is 0.147 e. The number of halogens is 4. The van der Waals surface area contributed by atoms with Crippen molar-refractivity contribution in [3.8, 4) is 0 Å². The quantitative estimate of drug-likeness (QED) is 0.860. The van der Waals surface area contributed by atoms with Crippen molar-refractivity contribution in [2.75, 3.05) is 0 Å². The molecule has 0 fully saturated rings. The Hall–Kier alpha value is -0.970. The van der Waals surface area contributed by atoms with Gasteiger partial charge in [0, 0.05) is 15.6 Å². The lowest BCUT2D eigenvalue weighted by atomic mass is 10.0. The minimum absolute atomic E-state index is 0.00876. The third-order valence-corrected chi connectivity index (χ3v) is 3.31. The maximum absolute atomic E-state index is 13.7. The molecule has 0 aliphatic carbocycles. The van der Waals surface area contributed by atoms with Crippen LogP contribution in [0.1, 0.15) is 17.2 Å². The Kier molecular flexibility index (Phi) is 4.00. The molecule has 1 unspecified atom stereocenters. The first-order valence-corrected chi connectivity index (χ1v) is 6.24. The van der Waals surface area contributed by atoms with Gasteiger partial charge < -0.3 is 5.11 Å². The van der Waals surface area contributed by atoms with E-state index in [1.807, 2.05) is 0 Å². The first kappa shape index (κ1) is 13.5. The number of aliphatic hydroxyl groups excluding tert-OH is 1. The summed E-state index contributed by atoms with van der Waals surface area (Å²) in [7, 11) is 0. The van der Waals surface area contributed by atoms with Crippen molar-refractivity contribution in [2.45, 2.75) is 6.10 Å². The predicted molar refractivity (Wildman–Crippen MR) is 69.6 cm³/mol. The molecule has 18 heavy (non-hydrogen) atoms. The molecular formula is C13H8BrClF2O. The molecule has 5 heteroatoms. The Balaban J connectivity index is 2.51. The van der Waals surface area contributed by atoms with Gasteiger partial charge in [-0.05, 0) is 24.3 Å². The summed E-state index contributed by atoms with van der Waals surface area (Å²) in [6.45, 7) is 0. The Labute approximate surface area is 116 Å². The normalized spacial score (nSPS) is 12.5. The van der Waals surface area contributed by atoms with Crippen LogP contribution in [0.25, 0.3) is 0 Å². The van der Waals surface area contributed by atoms with Crippen molar-refractivity contribution in [3.05, 3.63) is 68.7 Å². The summed E-state index contributed by atoms with van der Waals surface area (Å²) in [5.74, 6) is -1.35. The highest BCUT2D eigenvalue weighted by molar-refractivity contribution is 9.10. The van der Waals surface area contributed by atoms with Gasteiger partial charge in [-0.3, -0.25) is 0 Å². The number of rotatable bonds is 2. The molecule has 2 rings (SSSR count). The molecule has 0 radical (unpaired) electrons. The largest absolute Gasteiger partial charge is 0.383 e. The number of hydrogen-bond acceptors (Lipinski definition) is 1. The Morgan fingerprint density at radius 3 is 2.56 bits per heavy atom. The molecule has 0 spiro atoms. The first-order valence-electron chi connectivity index (χ1n) is 5.07. The average Bonchev–Trinajstić information content (AvgIpc) is 2.35. The van der Waals surface area contributed by atoms with Gasteiger partial charge in [0.2, 0.25) is 0 Å². The minimum Gasteiger partial charge on any atom is -0.383 e. The maximum Gasteiger partial charge on any atom is 0.147 e. The first-order chi connectivity index (χ1) is 8.50. The second-order valence-corrected chi connectivity index (χ2v) is 5.03. The predicted octanol–water partition coefficient (Wildman–Crippen LogP) is 4.46. The summed E-state index contributed by atoms with van der Waals surface area (Å²) >= 11 is 8.80. The van der Waals surface area contributed by atoms with Gasteiger partial charge in [0.05, 0.1) is 5.02 Å². The highest BCUT2D eigenvalue weighted by atomic mass is 79.9. The van der Waals surface area contributed by atoms with E-state index in [9.17, 15) is 13.9 Å². The second-order valence-electron chi connectivity index (χ2n) is 3.71. The molecule has 0 amide bonds. The van der Waals surface area contributed by atoms with E-state index in [-0.39, 0.29) is 16.1 Å². The zero-order valence-corrected chi connectivity index (χ0v) is 11.3. The molecule has 0 bridgehead atoms. The topological polar surface area (TPSA) is 20.2 Å². The molecule has 94 valence electrons. The zero-order chi connectivity index (χ0) is 13.3. The van der Waals surface area contributed by atoms with Crippen LogP contribution >= 0.6 is 27.5 Å². The van der Waals surface area contributed by atoms with Gasteiger partial charge in [-0.25, -0.2) is 8.78 Å². The van der Waals surface area contributed by atoms with Crippen LogP contribution in [0, 0.1) is 11.6 Å². The molecule has 0 heterocycles. The zero-order valence-electron chi connectivity index (χ0n) is 9.00. The molecular weight excluding hydrogens is 325 g/mol. The summed E-state index contributed by atoms with van der Waals surface area (Å²) < 4.78 is 27.9. The van der Waals surface area contributed by atoms with Crippen molar-refractivity contribution in [1.29, 1.82) is 0 Å². The maximum atomic E-state index is 13.7. The van der Waals surface area contributed by atoms with E-state index in [1.54, 1.807) is 0 Å². The molecule has 2 aromatic rings. The van der Waals surface area contributed by atoms with E-state index in [0.717, 1.165) is 0 Å². The SMILES string of the molecule is OC(c1cc(Br)ccc1F)c1cccc(Cl)c1F. The van der Waals surface area contributed by atoms with Crippen LogP contribution in [-0.2, 0) is 0 Å². The van der Waals surface area contributed by atoms with Gasteiger partial charge >= 0.3 is 0 Å². The lowest BCUT2D eigenvalue weighted by Gasteiger charge is -2.14. The van der Waals surface area contributed by atoms with E-state index in [4.69, 9.17) is 11.6 Å². The second kappa shape index (κ2) is 5.34. The average molecular weight is 334 g/mol. The number of hydrogen-bond donors (Lipinski definition) is 1. The van der Waals surface area contributed by atoms with Crippen molar-refractivity contribution >= 4 is 27.5 Å². The molecule has 1 atom stereocenters. The third-order valence-electron chi connectivity index (χ3n) is 2.53. The molecule has 0 aliphatic heterocycles. The Bertz CT molecular complexity index is 587. The number of benzene rings is 2. The standard InChI is InChI=1S/C13H8BrClF2O/c14-7-4-5-11(16)9(6-7)13(18)8-2-1-3-10(15)12(8)17/h1-6,13,18H. The lowest BCUT2D eigenvalue weighted by Crippen LogP contribution is -2.05. The molecule has 1 nitrogen and oxygen atoms in total. The minimum atomic E-state index is -1.40. The highest BCUT2D eigenvalue weighted by Gasteiger charge is 2.20. The van der Waals surface area contributed by atoms with E-state index in [1.165, 1.54) is 36.4 Å². The summed E-state index contributed by atoms with van der Waals surface area (Å²) in [6, 6.07) is 8.34. The van der Waals surface area contributed by atoms with Crippen molar-refractivity contribution in [2.24, 2.45) is 0 Å². The lowest BCUT2D eigenvalue weighted by molar-refractivity contribution is 0.209. The van der Waals surface area contributed by atoms with Crippen LogP contribution in [0.3, 0.4) is 0 Å². The summed E-state index contributed by atoms with van der Waals surface area (Å²) in [6.07, 6.45) is -1.40. The van der Waals surface area contributed by atoms with Gasteiger partial charge in [-0.2, -0.15) is 0 Å². The van der Waals surface area contributed by atoms with Crippen LogP contribution in [0.15, 0.2) is 40.9 Å². The van der Waals surface area contributed by atoms with Crippen molar-refractivity contribution < 1.29 is 13.9 Å². The van der Waals surface area contributed by atoms with Crippen molar-refractivity contribution in [3.63, 3.8) is 0 Å². The van der Waals surface area contributed by atoms with E-state index in [0.29, 0.717) is 4.47 Å². The third kappa shape index (κ3) is 2.55. The molecule has 2 aromatic carbocycles. The summed E-state index contributed by atoms with van der Waals surface area (Å²) in [4.78, 5) is 0. The van der Waals surface area contributed by atoms with Crippen LogP contribution in [-0.4, -0.2) is 5.11 Å².